The maximum atomic E-state index is 12.5. The molecule has 0 saturated heterocycles. The summed E-state index contributed by atoms with van der Waals surface area (Å²) in [5.41, 5.74) is 1.20. The van der Waals surface area contributed by atoms with Gasteiger partial charge in [0.1, 0.15) is 0 Å². The van der Waals surface area contributed by atoms with Crippen LogP contribution in [0.15, 0.2) is 18.2 Å². The van der Waals surface area contributed by atoms with E-state index >= 15 is 0 Å². The van der Waals surface area contributed by atoms with Gasteiger partial charge in [-0.05, 0) is 87.3 Å². The maximum Gasteiger partial charge on any atom is 0.315 e. The topological polar surface area (TPSA) is 59.6 Å². The number of rotatable bonds is 7. The number of methoxy groups -OCH3 is 1. The number of carbonyl (C=O) groups excluding carboxylic acids is 1. The van der Waals surface area contributed by atoms with E-state index in [1.807, 2.05) is 25.1 Å². The lowest BCUT2D eigenvalue weighted by Crippen LogP contribution is -2.61. The van der Waals surface area contributed by atoms with Crippen molar-refractivity contribution in [2.75, 3.05) is 20.3 Å². The van der Waals surface area contributed by atoms with Gasteiger partial charge < -0.3 is 20.1 Å². The van der Waals surface area contributed by atoms with Crippen LogP contribution in [0.1, 0.15) is 51.0 Å². The average Bonchev–Trinajstić information content (AvgIpc) is 2.61. The van der Waals surface area contributed by atoms with Gasteiger partial charge in [0, 0.05) is 12.1 Å². The van der Waals surface area contributed by atoms with Crippen LogP contribution in [-0.4, -0.2) is 31.8 Å². The zero-order valence-electron chi connectivity index (χ0n) is 16.6. The van der Waals surface area contributed by atoms with E-state index in [0.717, 1.165) is 41.2 Å². The Morgan fingerprint density at radius 3 is 2.37 bits per heavy atom. The predicted octanol–water partition coefficient (Wildman–Crippen LogP) is 3.90. The van der Waals surface area contributed by atoms with Gasteiger partial charge in [0.05, 0.1) is 13.7 Å². The molecule has 0 aliphatic heterocycles. The third kappa shape index (κ3) is 4.02. The maximum absolute atomic E-state index is 12.5. The fourth-order valence-electron chi connectivity index (χ4n) is 6.01. The number of carbonyl (C=O) groups is 1. The number of urea groups is 1. The Kier molecular flexibility index (Phi) is 5.20. The summed E-state index contributed by atoms with van der Waals surface area (Å²) in [6.45, 7) is 3.19. The molecule has 5 rings (SSSR count). The zero-order valence-corrected chi connectivity index (χ0v) is 16.6. The molecule has 4 saturated carbocycles. The molecular weight excluding hydrogens is 340 g/mol. The van der Waals surface area contributed by atoms with Gasteiger partial charge in [-0.2, -0.15) is 0 Å². The fourth-order valence-corrected chi connectivity index (χ4v) is 6.01. The molecule has 2 amide bonds. The monoisotopic (exact) mass is 372 g/mol. The summed E-state index contributed by atoms with van der Waals surface area (Å²) in [5, 5.41) is 6.43. The Hall–Kier alpha value is -1.91. The number of hydrogen-bond donors (Lipinski definition) is 2. The second-order valence-electron chi connectivity index (χ2n) is 8.75. The molecule has 1 aromatic carbocycles. The van der Waals surface area contributed by atoms with Gasteiger partial charge in [-0.3, -0.25) is 0 Å². The van der Waals surface area contributed by atoms with Crippen LogP contribution in [0.25, 0.3) is 0 Å². The molecule has 4 aliphatic carbocycles. The van der Waals surface area contributed by atoms with E-state index < -0.39 is 0 Å². The lowest BCUT2D eigenvalue weighted by Gasteiger charge is -2.56. The van der Waals surface area contributed by atoms with Crippen LogP contribution in [0.5, 0.6) is 11.5 Å². The van der Waals surface area contributed by atoms with Crippen molar-refractivity contribution in [1.82, 2.24) is 10.6 Å². The second kappa shape index (κ2) is 7.61. The molecule has 27 heavy (non-hydrogen) atoms. The smallest absolute Gasteiger partial charge is 0.315 e. The summed E-state index contributed by atoms with van der Waals surface area (Å²) in [7, 11) is 1.65. The second-order valence-corrected chi connectivity index (χ2v) is 8.75. The normalized spacial score (nSPS) is 30.8. The highest BCUT2D eigenvalue weighted by Crippen LogP contribution is 2.55. The van der Waals surface area contributed by atoms with Crippen molar-refractivity contribution in [3.05, 3.63) is 23.8 Å². The Morgan fingerprint density at radius 1 is 1.11 bits per heavy atom. The largest absolute Gasteiger partial charge is 0.493 e. The van der Waals surface area contributed by atoms with E-state index in [-0.39, 0.29) is 11.6 Å². The Morgan fingerprint density at radius 2 is 1.78 bits per heavy atom. The summed E-state index contributed by atoms with van der Waals surface area (Å²) in [6, 6.07) is 5.96. The first-order valence-corrected chi connectivity index (χ1v) is 10.4. The molecule has 5 nitrogen and oxygen atoms in total. The van der Waals surface area contributed by atoms with Gasteiger partial charge in [-0.15, -0.1) is 0 Å². The lowest BCUT2D eigenvalue weighted by molar-refractivity contribution is -0.0135. The zero-order chi connectivity index (χ0) is 18.9. The SMILES string of the molecule is CCOc1ccc(CCNC(=O)NC23CC4CC(CC(C4)C2)C3)cc1OC. The predicted molar refractivity (Wildman–Crippen MR) is 105 cm³/mol. The molecule has 2 N–H and O–H groups in total. The summed E-state index contributed by atoms with van der Waals surface area (Å²) in [4.78, 5) is 12.5. The summed E-state index contributed by atoms with van der Waals surface area (Å²) in [5.74, 6) is 4.03. The lowest BCUT2D eigenvalue weighted by atomic mass is 9.53. The third-order valence-electron chi connectivity index (χ3n) is 6.64. The third-order valence-corrected chi connectivity index (χ3v) is 6.64. The van der Waals surface area contributed by atoms with Crippen molar-refractivity contribution < 1.29 is 14.3 Å². The van der Waals surface area contributed by atoms with Crippen molar-refractivity contribution in [3.63, 3.8) is 0 Å². The van der Waals surface area contributed by atoms with Crippen LogP contribution < -0.4 is 20.1 Å². The molecule has 4 fully saturated rings. The van der Waals surface area contributed by atoms with E-state index in [9.17, 15) is 4.79 Å². The summed E-state index contributed by atoms with van der Waals surface area (Å²) in [6.07, 6.45) is 8.50. The summed E-state index contributed by atoms with van der Waals surface area (Å²) >= 11 is 0. The van der Waals surface area contributed by atoms with Gasteiger partial charge in [0.2, 0.25) is 0 Å². The minimum absolute atomic E-state index is 0.00477. The van der Waals surface area contributed by atoms with Gasteiger partial charge in [0.25, 0.3) is 0 Å². The highest BCUT2D eigenvalue weighted by molar-refractivity contribution is 5.75. The Labute approximate surface area is 162 Å². The Balaban J connectivity index is 1.28. The first kappa shape index (κ1) is 18.5. The van der Waals surface area contributed by atoms with Crippen LogP contribution in [0, 0.1) is 17.8 Å². The molecule has 0 radical (unpaired) electrons. The van der Waals surface area contributed by atoms with Crippen molar-refractivity contribution in [2.45, 2.75) is 57.4 Å². The minimum Gasteiger partial charge on any atom is -0.493 e. The number of amides is 2. The van der Waals surface area contributed by atoms with Gasteiger partial charge in [-0.25, -0.2) is 4.79 Å². The van der Waals surface area contributed by atoms with E-state index in [2.05, 4.69) is 10.6 Å². The number of hydrogen-bond acceptors (Lipinski definition) is 3. The minimum atomic E-state index is -0.00477. The number of nitrogens with one attached hydrogen (secondary N) is 2. The Bertz CT molecular complexity index is 653. The summed E-state index contributed by atoms with van der Waals surface area (Å²) < 4.78 is 11.0. The molecular formula is C22H32N2O3. The molecule has 1 aromatic rings. The molecule has 148 valence electrons. The molecule has 4 aliphatic rings. The van der Waals surface area contributed by atoms with E-state index in [1.54, 1.807) is 7.11 Å². The molecule has 0 aromatic heterocycles. The molecule has 5 heteroatoms. The molecule has 4 bridgehead atoms. The van der Waals surface area contributed by atoms with Gasteiger partial charge in [0.15, 0.2) is 11.5 Å². The number of benzene rings is 1. The van der Waals surface area contributed by atoms with E-state index in [1.165, 1.54) is 38.5 Å². The average molecular weight is 373 g/mol. The van der Waals surface area contributed by atoms with Crippen molar-refractivity contribution >= 4 is 6.03 Å². The highest BCUT2D eigenvalue weighted by atomic mass is 16.5. The van der Waals surface area contributed by atoms with Gasteiger partial charge in [-0.1, -0.05) is 6.07 Å². The van der Waals surface area contributed by atoms with Crippen molar-refractivity contribution in [3.8, 4) is 11.5 Å². The first-order chi connectivity index (χ1) is 13.1. The standard InChI is InChI=1S/C22H32N2O3/c1-3-27-19-5-4-15(11-20(19)26-2)6-7-23-21(25)24-22-12-16-8-17(13-22)10-18(9-16)14-22/h4-5,11,16-18H,3,6-10,12-14H2,1-2H3,(H2,23,24,25). The van der Waals surface area contributed by atoms with E-state index in [4.69, 9.17) is 9.47 Å². The van der Waals surface area contributed by atoms with Crippen LogP contribution in [0.3, 0.4) is 0 Å². The van der Waals surface area contributed by atoms with Crippen LogP contribution in [0.4, 0.5) is 4.79 Å². The number of ether oxygens (including phenoxy) is 2. The van der Waals surface area contributed by atoms with Gasteiger partial charge >= 0.3 is 6.03 Å². The first-order valence-electron chi connectivity index (χ1n) is 10.4. The van der Waals surface area contributed by atoms with Crippen LogP contribution >= 0.6 is 0 Å². The highest BCUT2D eigenvalue weighted by Gasteiger charge is 2.51. The van der Waals surface area contributed by atoms with Crippen molar-refractivity contribution in [2.24, 2.45) is 17.8 Å². The molecule has 0 spiro atoms. The molecule has 0 unspecified atom stereocenters. The molecule has 0 atom stereocenters. The van der Waals surface area contributed by atoms with Crippen LogP contribution in [0.2, 0.25) is 0 Å². The fraction of sp³-hybridized carbons (Fsp3) is 0.682. The van der Waals surface area contributed by atoms with Crippen LogP contribution in [-0.2, 0) is 6.42 Å². The molecule has 0 heterocycles. The van der Waals surface area contributed by atoms with E-state index in [0.29, 0.717) is 13.2 Å². The van der Waals surface area contributed by atoms with Crippen molar-refractivity contribution in [1.29, 1.82) is 0 Å². The quantitative estimate of drug-likeness (QED) is 0.763.